The van der Waals surface area contributed by atoms with Gasteiger partial charge in [0.25, 0.3) is 0 Å². The Balaban J connectivity index is 1.47. The molecule has 2 atom stereocenters. The average Bonchev–Trinajstić information content (AvgIpc) is 2.95. The second-order valence-corrected chi connectivity index (χ2v) is 9.64. The quantitative estimate of drug-likeness (QED) is 0.406. The first-order valence-electron chi connectivity index (χ1n) is 13.1. The molecule has 0 saturated carbocycles. The van der Waals surface area contributed by atoms with Crippen molar-refractivity contribution in [3.05, 3.63) is 102 Å². The van der Waals surface area contributed by atoms with E-state index < -0.39 is 5.92 Å². The Bertz CT molecular complexity index is 1110. The Kier molecular flexibility index (Phi) is 9.72. The highest BCUT2D eigenvalue weighted by atomic mass is 16.5. The van der Waals surface area contributed by atoms with E-state index in [0.29, 0.717) is 32.8 Å². The molecule has 2 N–H and O–H groups in total. The van der Waals surface area contributed by atoms with Crippen LogP contribution < -0.4 is 10.6 Å². The number of nitrogens with one attached hydrogen (secondary N) is 2. The fourth-order valence-corrected chi connectivity index (χ4v) is 4.59. The first-order chi connectivity index (χ1) is 18.1. The van der Waals surface area contributed by atoms with Gasteiger partial charge in [0.05, 0.1) is 19.1 Å². The van der Waals surface area contributed by atoms with Crippen LogP contribution in [0.25, 0.3) is 0 Å². The molecule has 6 nitrogen and oxygen atoms in total. The molecular weight excluding hydrogens is 462 g/mol. The van der Waals surface area contributed by atoms with Gasteiger partial charge in [-0.15, -0.1) is 0 Å². The monoisotopic (exact) mass is 499 g/mol. The third-order valence-electron chi connectivity index (χ3n) is 6.84. The summed E-state index contributed by atoms with van der Waals surface area (Å²) < 4.78 is 5.39. The highest BCUT2D eigenvalue weighted by Crippen LogP contribution is 2.22. The number of carbonyl (C=O) groups excluding carboxylic acids is 2. The minimum atomic E-state index is -0.546. The number of anilines is 1. The van der Waals surface area contributed by atoms with Crippen molar-refractivity contribution < 1.29 is 14.3 Å². The lowest BCUT2D eigenvalue weighted by Crippen LogP contribution is -2.45. The molecule has 0 bridgehead atoms. The molecule has 0 spiro atoms. The van der Waals surface area contributed by atoms with Gasteiger partial charge in [-0.1, -0.05) is 78.4 Å². The molecule has 1 heterocycles. The van der Waals surface area contributed by atoms with Gasteiger partial charge in [0.15, 0.2) is 0 Å². The van der Waals surface area contributed by atoms with Crippen LogP contribution in [0.3, 0.4) is 0 Å². The lowest BCUT2D eigenvalue weighted by atomic mass is 9.93. The van der Waals surface area contributed by atoms with E-state index >= 15 is 0 Å². The first kappa shape index (κ1) is 26.4. The van der Waals surface area contributed by atoms with Crippen LogP contribution in [0.15, 0.2) is 84.9 Å². The van der Waals surface area contributed by atoms with Crippen LogP contribution in [0, 0.1) is 6.92 Å². The van der Waals surface area contributed by atoms with Crippen molar-refractivity contribution in [1.29, 1.82) is 0 Å². The van der Waals surface area contributed by atoms with E-state index in [2.05, 4.69) is 54.0 Å². The number of nitrogens with zero attached hydrogens (tertiary/aromatic N) is 1. The van der Waals surface area contributed by atoms with Crippen molar-refractivity contribution in [3.63, 3.8) is 0 Å². The molecule has 1 aliphatic heterocycles. The van der Waals surface area contributed by atoms with Crippen molar-refractivity contribution >= 4 is 17.5 Å². The smallest absolute Gasteiger partial charge is 0.228 e. The van der Waals surface area contributed by atoms with Gasteiger partial charge in [0.2, 0.25) is 11.8 Å². The molecule has 37 heavy (non-hydrogen) atoms. The maximum absolute atomic E-state index is 13.7. The van der Waals surface area contributed by atoms with Gasteiger partial charge in [0.1, 0.15) is 0 Å². The molecule has 0 unspecified atom stereocenters. The number of amides is 2. The van der Waals surface area contributed by atoms with Gasteiger partial charge in [-0.3, -0.25) is 9.59 Å². The molecule has 6 heteroatoms. The van der Waals surface area contributed by atoms with Crippen molar-refractivity contribution in [2.75, 3.05) is 38.2 Å². The standard InChI is InChI=1S/C31H37N3O3/c1-24-12-15-27(16-13-24)32-23-28(17-14-25-8-4-2-5-9-25)33-31(36)29(26-10-6-3-7-11-26)22-30(35)34-18-20-37-21-19-34/h2-13,15-16,28-29,32H,14,17-23H2,1H3,(H,33,36)/t28-,29-/m0/s1. The molecule has 0 aliphatic carbocycles. The summed E-state index contributed by atoms with van der Waals surface area (Å²) in [7, 11) is 0. The van der Waals surface area contributed by atoms with E-state index in [1.807, 2.05) is 48.5 Å². The summed E-state index contributed by atoms with van der Waals surface area (Å²) in [6.07, 6.45) is 1.78. The van der Waals surface area contributed by atoms with Gasteiger partial charge in [-0.05, 0) is 43.0 Å². The molecule has 0 aromatic heterocycles. The Labute approximate surface area is 220 Å². The fraction of sp³-hybridized carbons (Fsp3) is 0.355. The van der Waals surface area contributed by atoms with Crippen LogP contribution in [-0.2, 0) is 20.7 Å². The first-order valence-corrected chi connectivity index (χ1v) is 13.1. The topological polar surface area (TPSA) is 70.7 Å². The summed E-state index contributed by atoms with van der Waals surface area (Å²) in [4.78, 5) is 28.6. The van der Waals surface area contributed by atoms with Crippen LogP contribution in [0.4, 0.5) is 5.69 Å². The lowest BCUT2D eigenvalue weighted by molar-refractivity contribution is -0.138. The molecule has 1 fully saturated rings. The second kappa shape index (κ2) is 13.6. The van der Waals surface area contributed by atoms with E-state index in [9.17, 15) is 9.59 Å². The number of hydrogen-bond acceptors (Lipinski definition) is 4. The van der Waals surface area contributed by atoms with E-state index in [1.165, 1.54) is 11.1 Å². The van der Waals surface area contributed by atoms with Gasteiger partial charge >= 0.3 is 0 Å². The largest absolute Gasteiger partial charge is 0.383 e. The molecule has 194 valence electrons. The van der Waals surface area contributed by atoms with Crippen LogP contribution in [0.2, 0.25) is 0 Å². The van der Waals surface area contributed by atoms with Crippen molar-refractivity contribution in [2.24, 2.45) is 0 Å². The molecular formula is C31H37N3O3. The predicted molar refractivity (Wildman–Crippen MR) is 148 cm³/mol. The van der Waals surface area contributed by atoms with E-state index in [1.54, 1.807) is 4.90 Å². The summed E-state index contributed by atoms with van der Waals surface area (Å²) in [5.41, 5.74) is 4.32. The van der Waals surface area contributed by atoms with Gasteiger partial charge in [-0.2, -0.15) is 0 Å². The maximum atomic E-state index is 13.7. The number of hydrogen-bond donors (Lipinski definition) is 2. The molecule has 4 rings (SSSR count). The average molecular weight is 500 g/mol. The third kappa shape index (κ3) is 8.19. The maximum Gasteiger partial charge on any atom is 0.228 e. The minimum absolute atomic E-state index is 0.00841. The van der Waals surface area contributed by atoms with Crippen molar-refractivity contribution in [1.82, 2.24) is 10.2 Å². The van der Waals surface area contributed by atoms with Gasteiger partial charge < -0.3 is 20.3 Å². The zero-order valence-corrected chi connectivity index (χ0v) is 21.6. The van der Waals surface area contributed by atoms with Crippen LogP contribution in [0.5, 0.6) is 0 Å². The SMILES string of the molecule is Cc1ccc(NC[C@H](CCc2ccccc2)NC(=O)[C@@H](CC(=O)N2CCOCC2)c2ccccc2)cc1. The van der Waals surface area contributed by atoms with E-state index in [-0.39, 0.29) is 24.3 Å². The Hall–Kier alpha value is -3.64. The summed E-state index contributed by atoms with van der Waals surface area (Å²) in [6, 6.07) is 28.1. The van der Waals surface area contributed by atoms with Crippen molar-refractivity contribution in [3.8, 4) is 0 Å². The molecule has 3 aromatic rings. The highest BCUT2D eigenvalue weighted by molar-refractivity contribution is 5.90. The number of benzene rings is 3. The highest BCUT2D eigenvalue weighted by Gasteiger charge is 2.28. The number of rotatable bonds is 11. The van der Waals surface area contributed by atoms with E-state index in [0.717, 1.165) is 24.1 Å². The third-order valence-corrected chi connectivity index (χ3v) is 6.84. The van der Waals surface area contributed by atoms with Crippen LogP contribution in [-0.4, -0.2) is 55.6 Å². The second-order valence-electron chi connectivity index (χ2n) is 9.64. The van der Waals surface area contributed by atoms with Crippen LogP contribution in [0.1, 0.15) is 35.4 Å². The molecule has 3 aromatic carbocycles. The Morgan fingerprint density at radius 1 is 0.892 bits per heavy atom. The number of aryl methyl sites for hydroxylation is 2. The predicted octanol–water partition coefficient (Wildman–Crippen LogP) is 4.56. The summed E-state index contributed by atoms with van der Waals surface area (Å²) in [5.74, 6) is -0.669. The summed E-state index contributed by atoms with van der Waals surface area (Å²) >= 11 is 0. The summed E-state index contributed by atoms with van der Waals surface area (Å²) in [5, 5.41) is 6.76. The molecule has 1 saturated heterocycles. The normalized spacial score (nSPS) is 15.0. The van der Waals surface area contributed by atoms with Crippen LogP contribution >= 0.6 is 0 Å². The number of ether oxygens (including phenoxy) is 1. The lowest BCUT2D eigenvalue weighted by Gasteiger charge is -2.29. The van der Waals surface area contributed by atoms with E-state index in [4.69, 9.17) is 4.74 Å². The van der Waals surface area contributed by atoms with Gasteiger partial charge in [-0.25, -0.2) is 0 Å². The molecule has 2 amide bonds. The zero-order chi connectivity index (χ0) is 25.9. The number of morpholine rings is 1. The molecule has 0 radical (unpaired) electrons. The van der Waals surface area contributed by atoms with Gasteiger partial charge in [0, 0.05) is 37.8 Å². The molecule has 1 aliphatic rings. The minimum Gasteiger partial charge on any atom is -0.383 e. The van der Waals surface area contributed by atoms with Crippen molar-refractivity contribution in [2.45, 2.75) is 38.1 Å². The Morgan fingerprint density at radius 2 is 1.54 bits per heavy atom. The Morgan fingerprint density at radius 3 is 2.22 bits per heavy atom. The fourth-order valence-electron chi connectivity index (χ4n) is 4.59. The number of carbonyl (C=O) groups is 2. The summed E-state index contributed by atoms with van der Waals surface area (Å²) in [6.45, 7) is 4.89. The zero-order valence-electron chi connectivity index (χ0n) is 21.6.